The number of methoxy groups -OCH3 is 2. The van der Waals surface area contributed by atoms with Crippen LogP contribution < -0.4 is 14.9 Å². The average Bonchev–Trinajstić information content (AvgIpc) is 2.56. The van der Waals surface area contributed by atoms with Crippen molar-refractivity contribution in [1.82, 2.24) is 4.98 Å². The third kappa shape index (κ3) is 2.37. The van der Waals surface area contributed by atoms with Gasteiger partial charge in [-0.1, -0.05) is 30.3 Å². The molecule has 0 spiro atoms. The van der Waals surface area contributed by atoms with Crippen molar-refractivity contribution in [2.75, 3.05) is 14.2 Å². The molecule has 0 radical (unpaired) electrons. The summed E-state index contributed by atoms with van der Waals surface area (Å²) in [6.07, 6.45) is 0. The molecule has 1 aromatic heterocycles. The highest BCUT2D eigenvalue weighted by Crippen LogP contribution is 2.37. The van der Waals surface area contributed by atoms with Gasteiger partial charge in [-0.05, 0) is 21.5 Å². The molecule has 1 heterocycles. The van der Waals surface area contributed by atoms with E-state index in [0.29, 0.717) is 26.9 Å². The molecule has 0 bridgehead atoms. The molecule has 1 N–H and O–H groups in total. The molecule has 0 aliphatic rings. The maximum atomic E-state index is 12.5. The quantitative estimate of drug-likeness (QED) is 0.769. The average molecular weight is 360 g/mol. The van der Waals surface area contributed by atoms with Gasteiger partial charge in [-0.15, -0.1) is 0 Å². The lowest BCUT2D eigenvalue weighted by Gasteiger charge is -2.12. The Morgan fingerprint density at radius 2 is 1.68 bits per heavy atom. The highest BCUT2D eigenvalue weighted by molar-refractivity contribution is 9.10. The number of halogens is 1. The van der Waals surface area contributed by atoms with E-state index in [-0.39, 0.29) is 5.43 Å². The summed E-state index contributed by atoms with van der Waals surface area (Å²) in [4.78, 5) is 15.8. The lowest BCUT2D eigenvalue weighted by Crippen LogP contribution is -2.06. The fourth-order valence-electron chi connectivity index (χ4n) is 2.43. The Hall–Kier alpha value is -2.27. The molecule has 0 amide bonds. The fraction of sp³-hybridized carbons (Fsp3) is 0.118. The minimum Gasteiger partial charge on any atom is -0.496 e. The van der Waals surface area contributed by atoms with Crippen molar-refractivity contribution in [3.8, 4) is 22.8 Å². The first-order valence-electron chi connectivity index (χ1n) is 6.68. The number of pyridine rings is 1. The van der Waals surface area contributed by atoms with Gasteiger partial charge in [-0.2, -0.15) is 0 Å². The number of hydrogen-bond donors (Lipinski definition) is 1. The number of rotatable bonds is 3. The van der Waals surface area contributed by atoms with Crippen molar-refractivity contribution in [2.45, 2.75) is 0 Å². The molecule has 5 heteroatoms. The van der Waals surface area contributed by atoms with E-state index in [9.17, 15) is 4.79 Å². The fourth-order valence-corrected chi connectivity index (χ4v) is 3.00. The summed E-state index contributed by atoms with van der Waals surface area (Å²) in [7, 11) is 3.11. The van der Waals surface area contributed by atoms with E-state index in [4.69, 9.17) is 9.47 Å². The van der Waals surface area contributed by atoms with Crippen LogP contribution >= 0.6 is 15.9 Å². The Kier molecular flexibility index (Phi) is 3.90. The molecule has 3 aromatic rings. The molecule has 0 unspecified atom stereocenters. The largest absolute Gasteiger partial charge is 0.496 e. The smallest absolute Gasteiger partial charge is 0.193 e. The highest BCUT2D eigenvalue weighted by Gasteiger charge is 2.16. The summed E-state index contributed by atoms with van der Waals surface area (Å²) in [5.41, 5.74) is 2.24. The van der Waals surface area contributed by atoms with Crippen LogP contribution in [0.5, 0.6) is 11.5 Å². The molecular formula is C17H14BrNO3. The summed E-state index contributed by atoms with van der Waals surface area (Å²) >= 11 is 3.50. The van der Waals surface area contributed by atoms with E-state index in [1.165, 1.54) is 7.11 Å². The van der Waals surface area contributed by atoms with Gasteiger partial charge in [-0.3, -0.25) is 4.79 Å². The van der Waals surface area contributed by atoms with Crippen LogP contribution in [0.4, 0.5) is 0 Å². The highest BCUT2D eigenvalue weighted by atomic mass is 79.9. The van der Waals surface area contributed by atoms with Crippen LogP contribution in [0.25, 0.3) is 22.2 Å². The Labute approximate surface area is 135 Å². The van der Waals surface area contributed by atoms with Gasteiger partial charge >= 0.3 is 0 Å². The minimum absolute atomic E-state index is 0.104. The standard InChI is InChI=1S/C17H14BrNO3/c1-21-13-9-14(22-2)16(18)17-15(13)12(20)8-11(19-17)10-6-4-3-5-7-10/h3-9H,1-2H3,(H,19,20). The summed E-state index contributed by atoms with van der Waals surface area (Å²) in [6.45, 7) is 0. The normalized spacial score (nSPS) is 10.7. The van der Waals surface area contributed by atoms with Gasteiger partial charge in [0, 0.05) is 17.8 Å². The zero-order valence-corrected chi connectivity index (χ0v) is 13.7. The number of H-pyrrole nitrogens is 1. The van der Waals surface area contributed by atoms with Crippen molar-refractivity contribution in [3.05, 3.63) is 57.2 Å². The van der Waals surface area contributed by atoms with Gasteiger partial charge < -0.3 is 14.5 Å². The first-order valence-corrected chi connectivity index (χ1v) is 7.48. The zero-order valence-electron chi connectivity index (χ0n) is 12.1. The van der Waals surface area contributed by atoms with Gasteiger partial charge in [0.25, 0.3) is 0 Å². The van der Waals surface area contributed by atoms with Crippen molar-refractivity contribution < 1.29 is 9.47 Å². The lowest BCUT2D eigenvalue weighted by molar-refractivity contribution is 0.396. The predicted molar refractivity (Wildman–Crippen MR) is 90.8 cm³/mol. The van der Waals surface area contributed by atoms with Gasteiger partial charge in [0.05, 0.1) is 29.6 Å². The Morgan fingerprint density at radius 1 is 1.00 bits per heavy atom. The Balaban J connectivity index is 2.38. The van der Waals surface area contributed by atoms with Crippen LogP contribution in [0.15, 0.2) is 51.7 Å². The number of ether oxygens (including phenoxy) is 2. The van der Waals surface area contributed by atoms with E-state index in [2.05, 4.69) is 20.9 Å². The monoisotopic (exact) mass is 359 g/mol. The zero-order chi connectivity index (χ0) is 15.7. The number of aromatic nitrogens is 1. The molecule has 0 aliphatic heterocycles. The molecule has 112 valence electrons. The van der Waals surface area contributed by atoms with E-state index in [1.807, 2.05) is 30.3 Å². The summed E-state index contributed by atoms with van der Waals surface area (Å²) in [5.74, 6) is 1.08. The van der Waals surface area contributed by atoms with Crippen molar-refractivity contribution in [3.63, 3.8) is 0 Å². The molecular weight excluding hydrogens is 346 g/mol. The molecule has 22 heavy (non-hydrogen) atoms. The second kappa shape index (κ2) is 5.85. The maximum Gasteiger partial charge on any atom is 0.193 e. The van der Waals surface area contributed by atoms with Gasteiger partial charge in [-0.25, -0.2) is 0 Å². The first-order chi connectivity index (χ1) is 10.7. The number of nitrogens with one attached hydrogen (secondary N) is 1. The molecule has 0 atom stereocenters. The SMILES string of the molecule is COc1cc(OC)c2c(=O)cc(-c3ccccc3)[nH]c2c1Br. The Bertz CT molecular complexity index is 888. The molecule has 0 aliphatic carbocycles. The number of benzene rings is 2. The lowest BCUT2D eigenvalue weighted by atomic mass is 10.1. The first kappa shape index (κ1) is 14.7. The van der Waals surface area contributed by atoms with Crippen LogP contribution in [0.2, 0.25) is 0 Å². The van der Waals surface area contributed by atoms with Crippen LogP contribution in [-0.2, 0) is 0 Å². The van der Waals surface area contributed by atoms with E-state index < -0.39 is 0 Å². The summed E-state index contributed by atoms with van der Waals surface area (Å²) in [6, 6.07) is 13.0. The molecule has 0 saturated carbocycles. The molecule has 3 rings (SSSR count). The van der Waals surface area contributed by atoms with Crippen LogP contribution in [0.1, 0.15) is 0 Å². The number of aromatic amines is 1. The maximum absolute atomic E-state index is 12.5. The predicted octanol–water partition coefficient (Wildman–Crippen LogP) is 3.97. The van der Waals surface area contributed by atoms with E-state index >= 15 is 0 Å². The molecule has 0 fully saturated rings. The van der Waals surface area contributed by atoms with Crippen molar-refractivity contribution in [2.24, 2.45) is 0 Å². The van der Waals surface area contributed by atoms with Crippen LogP contribution in [0, 0.1) is 0 Å². The van der Waals surface area contributed by atoms with E-state index in [0.717, 1.165) is 11.3 Å². The number of hydrogen-bond acceptors (Lipinski definition) is 3. The Morgan fingerprint density at radius 3 is 2.32 bits per heavy atom. The van der Waals surface area contributed by atoms with Crippen LogP contribution in [0.3, 0.4) is 0 Å². The third-order valence-corrected chi connectivity index (χ3v) is 4.29. The van der Waals surface area contributed by atoms with Gasteiger partial charge in [0.2, 0.25) is 0 Å². The molecule has 4 nitrogen and oxygen atoms in total. The van der Waals surface area contributed by atoms with Gasteiger partial charge in [0.1, 0.15) is 11.5 Å². The molecule has 0 saturated heterocycles. The topological polar surface area (TPSA) is 51.3 Å². The van der Waals surface area contributed by atoms with Gasteiger partial charge in [0.15, 0.2) is 5.43 Å². The second-order valence-electron chi connectivity index (χ2n) is 4.76. The number of fused-ring (bicyclic) bond motifs is 1. The summed E-state index contributed by atoms with van der Waals surface area (Å²) in [5, 5.41) is 0.495. The summed E-state index contributed by atoms with van der Waals surface area (Å²) < 4.78 is 11.4. The molecule has 2 aromatic carbocycles. The van der Waals surface area contributed by atoms with Crippen LogP contribution in [-0.4, -0.2) is 19.2 Å². The second-order valence-corrected chi connectivity index (χ2v) is 5.55. The third-order valence-electron chi connectivity index (χ3n) is 3.50. The van der Waals surface area contributed by atoms with Crippen molar-refractivity contribution in [1.29, 1.82) is 0 Å². The van der Waals surface area contributed by atoms with E-state index in [1.54, 1.807) is 19.2 Å². The van der Waals surface area contributed by atoms with Crippen molar-refractivity contribution >= 4 is 26.8 Å². The minimum atomic E-state index is -0.104.